The number of H-pyrrole nitrogens is 1. The predicted octanol–water partition coefficient (Wildman–Crippen LogP) is 2.01. The Kier molecular flexibility index (Phi) is 4.00. The normalized spacial score (nSPS) is 11.5. The highest BCUT2D eigenvalue weighted by Crippen LogP contribution is 2.29. The van der Waals surface area contributed by atoms with Crippen molar-refractivity contribution in [2.24, 2.45) is 0 Å². The highest BCUT2D eigenvalue weighted by atomic mass is 35.5. The van der Waals surface area contributed by atoms with Gasteiger partial charge in [0.05, 0.1) is 23.5 Å². The van der Waals surface area contributed by atoms with Gasteiger partial charge in [0.25, 0.3) is 10.0 Å². The molecule has 0 aliphatic carbocycles. The first-order chi connectivity index (χ1) is 8.94. The smallest absolute Gasteiger partial charge is 0.263 e. The van der Waals surface area contributed by atoms with Crippen LogP contribution in [0.3, 0.4) is 0 Å². The molecule has 0 aliphatic heterocycles. The van der Waals surface area contributed by atoms with Crippen LogP contribution in [0.15, 0.2) is 29.4 Å². The summed E-state index contributed by atoms with van der Waals surface area (Å²) in [4.78, 5) is -0.163. The molecule has 0 radical (unpaired) electrons. The number of hydrogen-bond donors (Lipinski definition) is 3. The largest absolute Gasteiger partial charge is 0.392 e. The molecule has 0 amide bonds. The molecule has 102 valence electrons. The van der Waals surface area contributed by atoms with Crippen molar-refractivity contribution in [3.05, 3.63) is 40.1 Å². The molecular formula is C10H9Cl2N3O3S. The number of aromatic amines is 1. The van der Waals surface area contributed by atoms with Crippen LogP contribution in [0.2, 0.25) is 10.0 Å². The summed E-state index contributed by atoms with van der Waals surface area (Å²) in [6, 6.07) is 2.51. The highest BCUT2D eigenvalue weighted by Gasteiger charge is 2.20. The molecule has 0 spiro atoms. The minimum Gasteiger partial charge on any atom is -0.392 e. The second-order valence-corrected chi connectivity index (χ2v) is 6.09. The molecule has 2 rings (SSSR count). The van der Waals surface area contributed by atoms with E-state index < -0.39 is 10.0 Å². The zero-order valence-corrected chi connectivity index (χ0v) is 11.7. The van der Waals surface area contributed by atoms with Crippen LogP contribution < -0.4 is 4.72 Å². The average molecular weight is 322 g/mol. The Balaban J connectivity index is 2.45. The molecule has 19 heavy (non-hydrogen) atoms. The SMILES string of the molecule is O=S(=O)(Nc1cn[nH]c1)c1cc(CO)c(Cl)cc1Cl. The summed E-state index contributed by atoms with van der Waals surface area (Å²) in [5.41, 5.74) is 0.551. The Morgan fingerprint density at radius 1 is 1.32 bits per heavy atom. The number of nitrogens with zero attached hydrogens (tertiary/aromatic N) is 1. The number of halogens is 2. The van der Waals surface area contributed by atoms with E-state index in [4.69, 9.17) is 28.3 Å². The van der Waals surface area contributed by atoms with E-state index in [9.17, 15) is 8.42 Å². The van der Waals surface area contributed by atoms with Gasteiger partial charge in [-0.1, -0.05) is 23.2 Å². The molecule has 0 aliphatic rings. The van der Waals surface area contributed by atoms with Crippen molar-refractivity contribution in [3.63, 3.8) is 0 Å². The van der Waals surface area contributed by atoms with Gasteiger partial charge in [-0.15, -0.1) is 0 Å². The van der Waals surface area contributed by atoms with E-state index in [-0.39, 0.29) is 32.8 Å². The maximum atomic E-state index is 12.1. The molecule has 9 heteroatoms. The third-order valence-corrected chi connectivity index (χ3v) is 4.51. The van der Waals surface area contributed by atoms with Crippen LogP contribution in [0.5, 0.6) is 0 Å². The number of rotatable bonds is 4. The fourth-order valence-electron chi connectivity index (χ4n) is 1.42. The van der Waals surface area contributed by atoms with Crippen LogP contribution in [0.25, 0.3) is 0 Å². The molecule has 0 atom stereocenters. The number of aliphatic hydroxyl groups is 1. The summed E-state index contributed by atoms with van der Waals surface area (Å²) in [6.45, 7) is -0.385. The Hall–Kier alpha value is -1.28. The van der Waals surface area contributed by atoms with Gasteiger partial charge < -0.3 is 5.11 Å². The zero-order chi connectivity index (χ0) is 14.0. The van der Waals surface area contributed by atoms with Crippen molar-refractivity contribution in [2.45, 2.75) is 11.5 Å². The van der Waals surface area contributed by atoms with Gasteiger partial charge in [0, 0.05) is 11.2 Å². The Bertz CT molecular complexity index is 686. The van der Waals surface area contributed by atoms with Crippen molar-refractivity contribution < 1.29 is 13.5 Å². The standard InChI is InChI=1S/C10H9Cl2N3O3S/c11-8-2-9(12)10(1-6(8)5-16)19(17,18)15-7-3-13-14-4-7/h1-4,15-16H,5H2,(H,13,14). The third kappa shape index (κ3) is 3.01. The number of anilines is 1. The van der Waals surface area contributed by atoms with E-state index >= 15 is 0 Å². The second kappa shape index (κ2) is 5.38. The Labute approximate surface area is 119 Å². The van der Waals surface area contributed by atoms with Crippen molar-refractivity contribution >= 4 is 38.9 Å². The number of aliphatic hydroxyl groups excluding tert-OH is 1. The molecule has 3 N–H and O–H groups in total. The van der Waals surface area contributed by atoms with Crippen molar-refractivity contribution in [3.8, 4) is 0 Å². The maximum Gasteiger partial charge on any atom is 0.263 e. The van der Waals surface area contributed by atoms with Gasteiger partial charge in [0.2, 0.25) is 0 Å². The second-order valence-electron chi connectivity index (χ2n) is 3.62. The topological polar surface area (TPSA) is 95.1 Å². The van der Waals surface area contributed by atoms with Crippen LogP contribution in [-0.2, 0) is 16.6 Å². The van der Waals surface area contributed by atoms with E-state index in [1.165, 1.54) is 24.5 Å². The van der Waals surface area contributed by atoms with Gasteiger partial charge in [-0.25, -0.2) is 8.42 Å². The van der Waals surface area contributed by atoms with Gasteiger partial charge in [-0.3, -0.25) is 9.82 Å². The van der Waals surface area contributed by atoms with E-state index in [0.29, 0.717) is 0 Å². The van der Waals surface area contributed by atoms with Crippen LogP contribution in [0.4, 0.5) is 5.69 Å². The highest BCUT2D eigenvalue weighted by molar-refractivity contribution is 7.92. The van der Waals surface area contributed by atoms with E-state index in [1.807, 2.05) is 0 Å². The van der Waals surface area contributed by atoms with E-state index in [2.05, 4.69) is 14.9 Å². The molecule has 1 aromatic heterocycles. The Morgan fingerprint density at radius 2 is 2.05 bits per heavy atom. The third-order valence-electron chi connectivity index (χ3n) is 2.31. The molecule has 0 unspecified atom stereocenters. The summed E-state index contributed by atoms with van der Waals surface area (Å²) >= 11 is 11.7. The van der Waals surface area contributed by atoms with Gasteiger partial charge in [-0.2, -0.15) is 5.10 Å². The fraction of sp³-hybridized carbons (Fsp3) is 0.100. The number of aromatic nitrogens is 2. The quantitative estimate of drug-likeness (QED) is 0.802. The molecule has 2 aromatic rings. The number of benzene rings is 1. The van der Waals surface area contributed by atoms with Gasteiger partial charge in [-0.05, 0) is 17.7 Å². The minimum atomic E-state index is -3.87. The molecule has 6 nitrogen and oxygen atoms in total. The summed E-state index contributed by atoms with van der Waals surface area (Å²) < 4.78 is 26.6. The number of hydrogen-bond acceptors (Lipinski definition) is 4. The lowest BCUT2D eigenvalue weighted by atomic mass is 10.2. The number of sulfonamides is 1. The molecule has 0 bridgehead atoms. The van der Waals surface area contributed by atoms with Crippen molar-refractivity contribution in [2.75, 3.05) is 4.72 Å². The zero-order valence-electron chi connectivity index (χ0n) is 9.39. The molecule has 0 saturated heterocycles. The molecule has 0 fully saturated rings. The first-order valence-corrected chi connectivity index (χ1v) is 7.28. The lowest BCUT2D eigenvalue weighted by Gasteiger charge is -2.10. The minimum absolute atomic E-state index is 0.0294. The average Bonchev–Trinajstić information content (AvgIpc) is 2.80. The molecular weight excluding hydrogens is 313 g/mol. The van der Waals surface area contributed by atoms with Gasteiger partial charge in [0.15, 0.2) is 0 Å². The monoisotopic (exact) mass is 321 g/mol. The van der Waals surface area contributed by atoms with Crippen LogP contribution in [-0.4, -0.2) is 23.7 Å². The first-order valence-electron chi connectivity index (χ1n) is 5.04. The van der Waals surface area contributed by atoms with Crippen LogP contribution >= 0.6 is 23.2 Å². The number of nitrogens with one attached hydrogen (secondary N) is 2. The lowest BCUT2D eigenvalue weighted by molar-refractivity contribution is 0.281. The lowest BCUT2D eigenvalue weighted by Crippen LogP contribution is -2.13. The molecule has 1 aromatic carbocycles. The van der Waals surface area contributed by atoms with E-state index in [1.54, 1.807) is 0 Å². The fourth-order valence-corrected chi connectivity index (χ4v) is 3.31. The van der Waals surface area contributed by atoms with Gasteiger partial charge >= 0.3 is 0 Å². The maximum absolute atomic E-state index is 12.1. The first kappa shape index (κ1) is 14.1. The van der Waals surface area contributed by atoms with Crippen LogP contribution in [0, 0.1) is 0 Å². The van der Waals surface area contributed by atoms with Gasteiger partial charge in [0.1, 0.15) is 4.90 Å². The summed E-state index contributed by atoms with van der Waals surface area (Å²) in [6.07, 6.45) is 2.70. The van der Waals surface area contributed by atoms with E-state index in [0.717, 1.165) is 0 Å². The van der Waals surface area contributed by atoms with Crippen molar-refractivity contribution in [1.29, 1.82) is 0 Å². The predicted molar refractivity (Wildman–Crippen MR) is 71.8 cm³/mol. The summed E-state index contributed by atoms with van der Waals surface area (Å²) in [7, 11) is -3.87. The van der Waals surface area contributed by atoms with Crippen LogP contribution in [0.1, 0.15) is 5.56 Å². The van der Waals surface area contributed by atoms with Crippen molar-refractivity contribution in [1.82, 2.24) is 10.2 Å². The Morgan fingerprint density at radius 3 is 2.63 bits per heavy atom. The molecule has 0 saturated carbocycles. The molecule has 1 heterocycles. The summed E-state index contributed by atoms with van der Waals surface area (Å²) in [5.74, 6) is 0. The summed E-state index contributed by atoms with van der Waals surface area (Å²) in [5, 5.41) is 15.4.